The van der Waals surface area contributed by atoms with Gasteiger partial charge in [-0.2, -0.15) is 0 Å². The van der Waals surface area contributed by atoms with Crippen LogP contribution in [0.15, 0.2) is 41.3 Å². The first-order valence-corrected chi connectivity index (χ1v) is 12.6. The molecule has 0 radical (unpaired) electrons. The molecule has 1 aliphatic carbocycles. The smallest absolute Gasteiger partial charge is 0.261 e. The number of anilines is 3. The molecular formula is C24H31N3O3S. The lowest BCUT2D eigenvalue weighted by atomic mass is 9.84. The number of nitrogens with one attached hydrogen (secondary N) is 1. The monoisotopic (exact) mass is 441 g/mol. The lowest BCUT2D eigenvalue weighted by molar-refractivity contribution is -0.124. The SMILES string of the molecule is CCN(CC)c1ccc(NS(=O)(=O)c2ccc3c(c2)CCN3C(=O)C2CCC2)c(C)c1. The van der Waals surface area contributed by atoms with Gasteiger partial charge in [0.2, 0.25) is 5.91 Å². The number of carbonyl (C=O) groups excluding carboxylic acids is 1. The molecule has 0 saturated heterocycles. The average Bonchev–Trinajstić information content (AvgIpc) is 3.13. The zero-order chi connectivity index (χ0) is 22.2. The van der Waals surface area contributed by atoms with E-state index < -0.39 is 10.0 Å². The van der Waals surface area contributed by atoms with Crippen molar-refractivity contribution < 1.29 is 13.2 Å². The van der Waals surface area contributed by atoms with E-state index in [1.165, 1.54) is 0 Å². The molecule has 0 unspecified atom stereocenters. The molecule has 1 heterocycles. The lowest BCUT2D eigenvalue weighted by Crippen LogP contribution is -2.37. The fourth-order valence-corrected chi connectivity index (χ4v) is 5.58. The second kappa shape index (κ2) is 8.54. The van der Waals surface area contributed by atoms with E-state index in [0.29, 0.717) is 18.7 Å². The minimum atomic E-state index is -3.72. The summed E-state index contributed by atoms with van der Waals surface area (Å²) in [5.74, 6) is 0.320. The summed E-state index contributed by atoms with van der Waals surface area (Å²) in [6.45, 7) is 8.55. The van der Waals surface area contributed by atoms with Crippen LogP contribution in [0.3, 0.4) is 0 Å². The van der Waals surface area contributed by atoms with Crippen molar-refractivity contribution in [3.8, 4) is 0 Å². The van der Waals surface area contributed by atoms with E-state index >= 15 is 0 Å². The van der Waals surface area contributed by atoms with Crippen LogP contribution in [0.2, 0.25) is 0 Å². The molecule has 7 heteroatoms. The van der Waals surface area contributed by atoms with Crippen LogP contribution < -0.4 is 14.5 Å². The molecule has 0 aromatic heterocycles. The molecule has 1 aliphatic heterocycles. The van der Waals surface area contributed by atoms with Crippen LogP contribution in [0, 0.1) is 12.8 Å². The van der Waals surface area contributed by atoms with Crippen molar-refractivity contribution in [1.82, 2.24) is 0 Å². The minimum Gasteiger partial charge on any atom is -0.372 e. The Kier molecular flexibility index (Phi) is 5.97. The van der Waals surface area contributed by atoms with E-state index in [2.05, 4.69) is 23.5 Å². The van der Waals surface area contributed by atoms with E-state index in [9.17, 15) is 13.2 Å². The number of rotatable bonds is 7. The Morgan fingerprint density at radius 3 is 2.48 bits per heavy atom. The van der Waals surface area contributed by atoms with Gasteiger partial charge in [0.15, 0.2) is 0 Å². The van der Waals surface area contributed by atoms with Crippen LogP contribution in [0.1, 0.15) is 44.2 Å². The van der Waals surface area contributed by atoms with Gasteiger partial charge >= 0.3 is 0 Å². The molecule has 1 saturated carbocycles. The standard InChI is InChI=1S/C24H31N3O3S/c1-4-26(5-2)20-9-11-22(17(3)15-20)25-31(29,30)21-10-12-23-19(16-21)13-14-27(23)24(28)18-7-6-8-18/h9-12,15-16,18,25H,4-8,13-14H2,1-3H3. The third-order valence-electron chi connectivity index (χ3n) is 6.56. The number of carbonyl (C=O) groups is 1. The summed E-state index contributed by atoms with van der Waals surface area (Å²) in [6, 6.07) is 10.9. The van der Waals surface area contributed by atoms with Crippen molar-refractivity contribution >= 4 is 33.0 Å². The van der Waals surface area contributed by atoms with Gasteiger partial charge in [-0.15, -0.1) is 0 Å². The van der Waals surface area contributed by atoms with Crippen LogP contribution >= 0.6 is 0 Å². The number of aryl methyl sites for hydroxylation is 1. The van der Waals surface area contributed by atoms with Crippen LogP contribution in [-0.4, -0.2) is 34.0 Å². The second-order valence-electron chi connectivity index (χ2n) is 8.44. The number of nitrogens with zero attached hydrogens (tertiary/aromatic N) is 2. The van der Waals surface area contributed by atoms with Gasteiger partial charge in [-0.3, -0.25) is 9.52 Å². The van der Waals surface area contributed by atoms with E-state index in [0.717, 1.165) is 54.9 Å². The first-order valence-electron chi connectivity index (χ1n) is 11.2. The third-order valence-corrected chi connectivity index (χ3v) is 7.92. The van der Waals surface area contributed by atoms with E-state index in [-0.39, 0.29) is 16.7 Å². The molecule has 31 heavy (non-hydrogen) atoms. The Bertz CT molecular complexity index is 1090. The van der Waals surface area contributed by atoms with Crippen LogP contribution in [-0.2, 0) is 21.2 Å². The maximum atomic E-state index is 13.1. The molecule has 0 atom stereocenters. The Hall–Kier alpha value is -2.54. The Balaban J connectivity index is 1.54. The molecule has 1 N–H and O–H groups in total. The van der Waals surface area contributed by atoms with Gasteiger partial charge < -0.3 is 9.80 Å². The van der Waals surface area contributed by atoms with Crippen molar-refractivity contribution in [3.63, 3.8) is 0 Å². The summed E-state index contributed by atoms with van der Waals surface area (Å²) < 4.78 is 28.9. The Morgan fingerprint density at radius 1 is 1.13 bits per heavy atom. The van der Waals surface area contributed by atoms with Gasteiger partial charge in [-0.05, 0) is 87.6 Å². The summed E-state index contributed by atoms with van der Waals surface area (Å²) in [6.07, 6.45) is 3.74. The Labute approximate surface area is 185 Å². The number of benzene rings is 2. The summed E-state index contributed by atoms with van der Waals surface area (Å²) in [4.78, 5) is 17.0. The highest BCUT2D eigenvalue weighted by molar-refractivity contribution is 7.92. The zero-order valence-corrected chi connectivity index (χ0v) is 19.3. The second-order valence-corrected chi connectivity index (χ2v) is 10.1. The fraction of sp³-hybridized carbons (Fsp3) is 0.458. The molecular weight excluding hydrogens is 410 g/mol. The zero-order valence-electron chi connectivity index (χ0n) is 18.5. The van der Waals surface area contributed by atoms with Crippen molar-refractivity contribution in [1.29, 1.82) is 0 Å². The van der Waals surface area contributed by atoms with Crippen molar-refractivity contribution in [3.05, 3.63) is 47.5 Å². The number of hydrogen-bond acceptors (Lipinski definition) is 4. The van der Waals surface area contributed by atoms with E-state index in [4.69, 9.17) is 0 Å². The number of amides is 1. The number of sulfonamides is 1. The van der Waals surface area contributed by atoms with Gasteiger partial charge in [0, 0.05) is 36.9 Å². The highest BCUT2D eigenvalue weighted by Gasteiger charge is 2.34. The predicted molar refractivity (Wildman–Crippen MR) is 125 cm³/mol. The van der Waals surface area contributed by atoms with E-state index in [1.54, 1.807) is 18.2 Å². The van der Waals surface area contributed by atoms with E-state index in [1.807, 2.05) is 30.0 Å². The molecule has 2 aliphatic rings. The largest absolute Gasteiger partial charge is 0.372 e. The molecule has 2 aromatic rings. The maximum Gasteiger partial charge on any atom is 0.261 e. The molecule has 1 fully saturated rings. The minimum absolute atomic E-state index is 0.137. The maximum absolute atomic E-state index is 13.1. The average molecular weight is 442 g/mol. The topological polar surface area (TPSA) is 69.7 Å². The quantitative estimate of drug-likeness (QED) is 0.694. The molecule has 0 bridgehead atoms. The van der Waals surface area contributed by atoms with Gasteiger partial charge in [0.1, 0.15) is 0 Å². The summed E-state index contributed by atoms with van der Waals surface area (Å²) in [7, 11) is -3.72. The van der Waals surface area contributed by atoms with Crippen molar-refractivity contribution in [2.45, 2.75) is 51.3 Å². The molecule has 2 aromatic carbocycles. The van der Waals surface area contributed by atoms with Gasteiger partial charge in [-0.1, -0.05) is 6.42 Å². The predicted octanol–water partition coefficient (Wildman–Crippen LogP) is 4.33. The van der Waals surface area contributed by atoms with Crippen molar-refractivity contribution in [2.24, 2.45) is 5.92 Å². The van der Waals surface area contributed by atoms with Crippen LogP contribution in [0.5, 0.6) is 0 Å². The number of hydrogen-bond donors (Lipinski definition) is 1. The Morgan fingerprint density at radius 2 is 1.87 bits per heavy atom. The molecule has 1 amide bonds. The molecule has 4 rings (SSSR count). The van der Waals surface area contributed by atoms with Crippen molar-refractivity contribution in [2.75, 3.05) is 34.2 Å². The van der Waals surface area contributed by atoms with Crippen LogP contribution in [0.4, 0.5) is 17.1 Å². The summed E-state index contributed by atoms with van der Waals surface area (Å²) >= 11 is 0. The molecule has 166 valence electrons. The first kappa shape index (κ1) is 21.7. The summed E-state index contributed by atoms with van der Waals surface area (Å²) in [5.41, 5.74) is 4.32. The lowest BCUT2D eigenvalue weighted by Gasteiger charge is -2.29. The van der Waals surface area contributed by atoms with Gasteiger partial charge in [-0.25, -0.2) is 8.42 Å². The highest BCUT2D eigenvalue weighted by atomic mass is 32.2. The normalized spacial score (nSPS) is 16.0. The third kappa shape index (κ3) is 4.15. The van der Waals surface area contributed by atoms with Gasteiger partial charge in [0.25, 0.3) is 10.0 Å². The molecule has 6 nitrogen and oxygen atoms in total. The number of fused-ring (bicyclic) bond motifs is 1. The fourth-order valence-electron chi connectivity index (χ4n) is 4.40. The molecule has 0 spiro atoms. The van der Waals surface area contributed by atoms with Gasteiger partial charge in [0.05, 0.1) is 10.6 Å². The highest BCUT2D eigenvalue weighted by Crippen LogP contribution is 2.36. The summed E-state index contributed by atoms with van der Waals surface area (Å²) in [5, 5.41) is 0. The van der Waals surface area contributed by atoms with Crippen LogP contribution in [0.25, 0.3) is 0 Å². The first-order chi connectivity index (χ1) is 14.8.